The van der Waals surface area contributed by atoms with Crippen LogP contribution in [0.15, 0.2) is 11.6 Å². The highest BCUT2D eigenvalue weighted by atomic mass is 19.4. The Balaban J connectivity index is 1.53. The second-order valence-corrected chi connectivity index (χ2v) is 16.1. The first-order valence-electron chi connectivity index (χ1n) is 15.3. The molecular formula is C33H45F3N2O3. The fraction of sp³-hybridized carbons (Fsp3) is 0.818. The number of carbonyl (C=O) groups is 3. The topological polar surface area (TPSA) is 87.0 Å². The van der Waals surface area contributed by atoms with E-state index < -0.39 is 35.4 Å². The van der Waals surface area contributed by atoms with Gasteiger partial charge in [0, 0.05) is 23.7 Å². The number of nitrogens with one attached hydrogen (secondary N) is 1. The molecule has 8 heteroatoms. The number of Topliss-reactive ketones (excluding diaryl/α,β-unsaturated/α-hetero) is 2. The van der Waals surface area contributed by atoms with Gasteiger partial charge in [-0.2, -0.15) is 18.4 Å². The van der Waals surface area contributed by atoms with Crippen LogP contribution >= 0.6 is 0 Å². The lowest BCUT2D eigenvalue weighted by atomic mass is 9.32. The number of nitriles is 1. The van der Waals surface area contributed by atoms with Gasteiger partial charge in [-0.15, -0.1) is 0 Å². The average Bonchev–Trinajstić information content (AvgIpc) is 2.84. The standard InChI is InChI=1S/C33H45F3N2O3/c1-28(2)14-20-19(21(15-28)27(41)38-17-33(34,35)36)8-10-32(7)25(20)22(39)12-24-30(5)13-18(16-37)26(40)29(3,4)23(30)9-11-31(24,32)6/h13,19-21,23-25H,8-12,14-15,17H2,1-7H3,(H,38,41)/t19?,20?,21-,23+,24-,25?,30+,31-,32-/m1/s1. The maximum Gasteiger partial charge on any atom is 0.405 e. The SMILES string of the molecule is CC1(C)CC2C(CC[C@]3(C)C2C(=O)C[C@@H]2[C@@]4(C)C=C(C#N)C(=O)C(C)(C)[C@@H]4CC[C@]23C)[C@H](C(=O)NCC(F)(F)F)C1. The second kappa shape index (κ2) is 9.16. The van der Waals surface area contributed by atoms with E-state index in [1.807, 2.05) is 19.9 Å². The van der Waals surface area contributed by atoms with Gasteiger partial charge in [0.15, 0.2) is 5.78 Å². The molecule has 41 heavy (non-hydrogen) atoms. The highest BCUT2D eigenvalue weighted by Gasteiger charge is 2.71. The third kappa shape index (κ3) is 4.34. The monoisotopic (exact) mass is 574 g/mol. The highest BCUT2D eigenvalue weighted by Crippen LogP contribution is 2.74. The molecule has 0 aliphatic heterocycles. The molecule has 5 nitrogen and oxygen atoms in total. The molecule has 0 bridgehead atoms. The summed E-state index contributed by atoms with van der Waals surface area (Å²) in [5, 5.41) is 12.0. The van der Waals surface area contributed by atoms with E-state index in [9.17, 15) is 32.8 Å². The fourth-order valence-electron chi connectivity index (χ4n) is 11.3. The lowest BCUT2D eigenvalue weighted by Crippen LogP contribution is -2.68. The van der Waals surface area contributed by atoms with Crippen LogP contribution in [-0.4, -0.2) is 30.2 Å². The van der Waals surface area contributed by atoms with Crippen LogP contribution < -0.4 is 5.32 Å². The number of rotatable bonds is 2. The number of nitrogens with zero attached hydrogens (tertiary/aromatic N) is 1. The third-order valence-electron chi connectivity index (χ3n) is 13.1. The minimum Gasteiger partial charge on any atom is -0.347 e. The molecule has 1 N–H and O–H groups in total. The Labute approximate surface area is 242 Å². The van der Waals surface area contributed by atoms with Crippen LogP contribution in [0.2, 0.25) is 0 Å². The van der Waals surface area contributed by atoms with E-state index in [1.165, 1.54) is 0 Å². The first-order chi connectivity index (χ1) is 18.7. The average molecular weight is 575 g/mol. The molecule has 3 unspecified atom stereocenters. The van der Waals surface area contributed by atoms with Crippen molar-refractivity contribution in [3.63, 3.8) is 0 Å². The summed E-state index contributed by atoms with van der Waals surface area (Å²) in [6.07, 6.45) is 2.21. The number of allylic oxidation sites excluding steroid dienone is 2. The Bertz CT molecular complexity index is 1240. The number of ketones is 2. The van der Waals surface area contributed by atoms with Crippen LogP contribution in [-0.2, 0) is 14.4 Å². The highest BCUT2D eigenvalue weighted by molar-refractivity contribution is 6.04. The second-order valence-electron chi connectivity index (χ2n) is 16.1. The minimum atomic E-state index is -4.47. The molecule has 0 aromatic carbocycles. The third-order valence-corrected chi connectivity index (χ3v) is 13.1. The molecule has 226 valence electrons. The largest absolute Gasteiger partial charge is 0.405 e. The van der Waals surface area contributed by atoms with Gasteiger partial charge in [0.1, 0.15) is 18.4 Å². The van der Waals surface area contributed by atoms with Gasteiger partial charge >= 0.3 is 6.18 Å². The van der Waals surface area contributed by atoms with Crippen LogP contribution in [0, 0.1) is 73.9 Å². The van der Waals surface area contributed by atoms with Gasteiger partial charge in [-0.3, -0.25) is 14.4 Å². The number of amides is 1. The first kappa shape index (κ1) is 30.3. The molecule has 0 spiro atoms. The molecule has 1 amide bonds. The van der Waals surface area contributed by atoms with Crippen molar-refractivity contribution < 1.29 is 27.6 Å². The molecule has 0 radical (unpaired) electrons. The molecule has 0 aromatic rings. The van der Waals surface area contributed by atoms with E-state index in [-0.39, 0.29) is 63.0 Å². The summed E-state index contributed by atoms with van der Waals surface area (Å²) in [5.74, 6) is -1.48. The lowest BCUT2D eigenvalue weighted by molar-refractivity contribution is -0.214. The van der Waals surface area contributed by atoms with Gasteiger partial charge in [0.2, 0.25) is 5.91 Å². The van der Waals surface area contributed by atoms with Crippen molar-refractivity contribution in [1.82, 2.24) is 5.32 Å². The summed E-state index contributed by atoms with van der Waals surface area (Å²) in [7, 11) is 0. The number of hydrogen-bond acceptors (Lipinski definition) is 4. The quantitative estimate of drug-likeness (QED) is 0.392. The summed E-state index contributed by atoms with van der Waals surface area (Å²) in [5.41, 5.74) is -1.84. The molecule has 5 rings (SSSR count). The van der Waals surface area contributed by atoms with E-state index >= 15 is 0 Å². The van der Waals surface area contributed by atoms with E-state index in [1.54, 1.807) is 0 Å². The molecular weight excluding hydrogens is 529 g/mol. The van der Waals surface area contributed by atoms with Crippen molar-refractivity contribution in [2.24, 2.45) is 62.6 Å². The number of halogens is 3. The Morgan fingerprint density at radius 3 is 2.22 bits per heavy atom. The lowest BCUT2D eigenvalue weighted by Gasteiger charge is -2.71. The van der Waals surface area contributed by atoms with Crippen molar-refractivity contribution in [2.75, 3.05) is 6.54 Å². The Morgan fingerprint density at radius 1 is 0.976 bits per heavy atom. The molecule has 0 heterocycles. The van der Waals surface area contributed by atoms with E-state index in [0.717, 1.165) is 25.7 Å². The predicted octanol–water partition coefficient (Wildman–Crippen LogP) is 6.82. The molecule has 5 aliphatic carbocycles. The normalized spacial score (nSPS) is 44.8. The number of hydrogen-bond donors (Lipinski definition) is 1. The smallest absolute Gasteiger partial charge is 0.347 e. The van der Waals surface area contributed by atoms with Crippen LogP contribution in [0.5, 0.6) is 0 Å². The van der Waals surface area contributed by atoms with Crippen LogP contribution in [0.3, 0.4) is 0 Å². The van der Waals surface area contributed by atoms with Crippen LogP contribution in [0.1, 0.15) is 93.4 Å². The van der Waals surface area contributed by atoms with Gasteiger partial charge in [0.05, 0.1) is 5.57 Å². The van der Waals surface area contributed by atoms with Gasteiger partial charge in [-0.05, 0) is 83.9 Å². The van der Waals surface area contributed by atoms with Crippen molar-refractivity contribution in [1.29, 1.82) is 5.26 Å². The zero-order valence-corrected chi connectivity index (χ0v) is 25.5. The van der Waals surface area contributed by atoms with Crippen molar-refractivity contribution in [3.8, 4) is 6.07 Å². The molecule has 5 aliphatic rings. The fourth-order valence-corrected chi connectivity index (χ4v) is 11.3. The Morgan fingerprint density at radius 2 is 1.61 bits per heavy atom. The van der Waals surface area contributed by atoms with E-state index in [4.69, 9.17) is 0 Å². The number of alkyl halides is 3. The van der Waals surface area contributed by atoms with Crippen LogP contribution in [0.4, 0.5) is 13.2 Å². The summed E-state index contributed by atoms with van der Waals surface area (Å²) in [6, 6.07) is 2.15. The van der Waals surface area contributed by atoms with Crippen molar-refractivity contribution >= 4 is 17.5 Å². The molecule has 0 saturated heterocycles. The van der Waals surface area contributed by atoms with Gasteiger partial charge in [-0.25, -0.2) is 0 Å². The Kier molecular flexibility index (Phi) is 6.77. The van der Waals surface area contributed by atoms with E-state index in [2.05, 4.69) is 46.0 Å². The maximum absolute atomic E-state index is 14.4. The maximum atomic E-state index is 14.4. The summed E-state index contributed by atoms with van der Waals surface area (Å²) in [4.78, 5) is 40.8. The zero-order chi connectivity index (χ0) is 30.6. The van der Waals surface area contributed by atoms with Gasteiger partial charge < -0.3 is 5.32 Å². The number of fused-ring (bicyclic) bond motifs is 7. The van der Waals surface area contributed by atoms with Crippen molar-refractivity contribution in [2.45, 2.75) is 99.6 Å². The first-order valence-corrected chi connectivity index (χ1v) is 15.3. The number of carbonyl (C=O) groups excluding carboxylic acids is 3. The molecule has 9 atom stereocenters. The molecule has 4 fully saturated rings. The van der Waals surface area contributed by atoms with Gasteiger partial charge in [0.25, 0.3) is 0 Å². The van der Waals surface area contributed by atoms with Gasteiger partial charge in [-0.1, -0.05) is 54.5 Å². The molecule has 4 saturated carbocycles. The van der Waals surface area contributed by atoms with Crippen molar-refractivity contribution in [3.05, 3.63) is 11.6 Å². The molecule has 0 aromatic heterocycles. The van der Waals surface area contributed by atoms with Crippen LogP contribution in [0.25, 0.3) is 0 Å². The minimum absolute atomic E-state index is 0.0253. The predicted molar refractivity (Wildman–Crippen MR) is 148 cm³/mol. The summed E-state index contributed by atoms with van der Waals surface area (Å²) >= 11 is 0. The summed E-state index contributed by atoms with van der Waals surface area (Å²) in [6.45, 7) is 13.4. The van der Waals surface area contributed by atoms with E-state index in [0.29, 0.717) is 19.3 Å². The Hall–Kier alpha value is -2.17. The zero-order valence-electron chi connectivity index (χ0n) is 25.5. The summed E-state index contributed by atoms with van der Waals surface area (Å²) < 4.78 is 38.9.